The number of nitrogens with zero attached hydrogens (tertiary/aromatic N) is 1. The van der Waals surface area contributed by atoms with Gasteiger partial charge in [0.2, 0.25) is 5.91 Å². The summed E-state index contributed by atoms with van der Waals surface area (Å²) in [5, 5.41) is 5.29. The maximum atomic E-state index is 12.7. The van der Waals surface area contributed by atoms with Crippen molar-refractivity contribution in [2.75, 3.05) is 5.32 Å². The Morgan fingerprint density at radius 2 is 2.11 bits per heavy atom. The van der Waals surface area contributed by atoms with Gasteiger partial charge in [-0.2, -0.15) is 0 Å². The predicted octanol–water partition coefficient (Wildman–Crippen LogP) is 1.92. The molecule has 1 aromatic heterocycles. The third-order valence-corrected chi connectivity index (χ3v) is 3.16. The summed E-state index contributed by atoms with van der Waals surface area (Å²) in [4.78, 5) is 15.9. The Hall–Kier alpha value is -1.79. The Morgan fingerprint density at radius 1 is 1.39 bits per heavy atom. The van der Waals surface area contributed by atoms with Gasteiger partial charge in [0.25, 0.3) is 0 Å². The molecule has 2 aromatic rings. The van der Waals surface area contributed by atoms with E-state index in [0.29, 0.717) is 17.9 Å². The molecule has 2 rings (SSSR count). The normalized spacial score (nSPS) is 10.3. The lowest BCUT2D eigenvalue weighted by molar-refractivity contribution is -0.115. The Balaban J connectivity index is 1.94. The van der Waals surface area contributed by atoms with E-state index in [4.69, 9.17) is 5.73 Å². The molecule has 0 saturated heterocycles. The summed E-state index contributed by atoms with van der Waals surface area (Å²) in [7, 11) is 0. The van der Waals surface area contributed by atoms with Gasteiger partial charge < -0.3 is 11.1 Å². The second-order valence-corrected chi connectivity index (χ2v) is 4.61. The van der Waals surface area contributed by atoms with Crippen LogP contribution >= 0.6 is 11.3 Å². The van der Waals surface area contributed by atoms with Crippen molar-refractivity contribution < 1.29 is 9.18 Å². The van der Waals surface area contributed by atoms with Gasteiger partial charge in [0.15, 0.2) is 0 Å². The highest BCUT2D eigenvalue weighted by Crippen LogP contribution is 2.12. The minimum Gasteiger partial charge on any atom is -0.326 e. The van der Waals surface area contributed by atoms with E-state index in [1.807, 2.05) is 5.38 Å². The first-order valence-electron chi connectivity index (χ1n) is 5.36. The summed E-state index contributed by atoms with van der Waals surface area (Å²) in [6, 6.07) is 5.62. The van der Waals surface area contributed by atoms with Crippen molar-refractivity contribution in [3.8, 4) is 0 Å². The van der Waals surface area contributed by atoms with Gasteiger partial charge in [0.05, 0.1) is 12.1 Å². The minimum atomic E-state index is -0.333. The number of halogens is 1. The Morgan fingerprint density at radius 3 is 2.72 bits per heavy atom. The first-order chi connectivity index (χ1) is 8.67. The van der Waals surface area contributed by atoms with Crippen LogP contribution in [0, 0.1) is 5.82 Å². The Bertz CT molecular complexity index is 539. The lowest BCUT2D eigenvalue weighted by atomic mass is 10.3. The van der Waals surface area contributed by atoms with Crippen LogP contribution in [0.2, 0.25) is 0 Å². The fourth-order valence-corrected chi connectivity index (χ4v) is 2.10. The molecule has 0 saturated carbocycles. The third kappa shape index (κ3) is 3.35. The van der Waals surface area contributed by atoms with Gasteiger partial charge in [0, 0.05) is 17.6 Å². The number of aromatic nitrogens is 1. The van der Waals surface area contributed by atoms with Crippen molar-refractivity contribution in [2.24, 2.45) is 5.73 Å². The maximum absolute atomic E-state index is 12.7. The lowest BCUT2D eigenvalue weighted by Gasteiger charge is -2.03. The van der Waals surface area contributed by atoms with Crippen molar-refractivity contribution in [3.63, 3.8) is 0 Å². The molecule has 0 bridgehead atoms. The number of rotatable bonds is 4. The molecule has 4 nitrogen and oxygen atoms in total. The van der Waals surface area contributed by atoms with E-state index in [1.54, 1.807) is 0 Å². The largest absolute Gasteiger partial charge is 0.326 e. The molecule has 0 radical (unpaired) electrons. The van der Waals surface area contributed by atoms with E-state index in [1.165, 1.54) is 35.6 Å². The van der Waals surface area contributed by atoms with Gasteiger partial charge in [-0.15, -0.1) is 11.3 Å². The number of amides is 1. The molecule has 0 fully saturated rings. The highest BCUT2D eigenvalue weighted by molar-refractivity contribution is 7.09. The van der Waals surface area contributed by atoms with E-state index in [-0.39, 0.29) is 18.1 Å². The number of carbonyl (C=O) groups is 1. The molecule has 0 aliphatic carbocycles. The van der Waals surface area contributed by atoms with Gasteiger partial charge in [-0.3, -0.25) is 4.79 Å². The summed E-state index contributed by atoms with van der Waals surface area (Å²) in [5.74, 6) is -0.518. The first kappa shape index (κ1) is 12.7. The number of hydrogen-bond donors (Lipinski definition) is 2. The van der Waals surface area contributed by atoms with Crippen molar-refractivity contribution in [1.29, 1.82) is 0 Å². The smallest absolute Gasteiger partial charge is 0.230 e. The molecule has 0 spiro atoms. The number of nitrogens with two attached hydrogens (primary N) is 1. The van der Waals surface area contributed by atoms with Crippen LogP contribution in [-0.2, 0) is 17.8 Å². The van der Waals surface area contributed by atoms with Gasteiger partial charge >= 0.3 is 0 Å². The second kappa shape index (κ2) is 5.70. The second-order valence-electron chi connectivity index (χ2n) is 3.67. The SMILES string of the molecule is NCc1nc(CC(=O)Nc2ccc(F)cc2)cs1. The molecule has 1 heterocycles. The van der Waals surface area contributed by atoms with Gasteiger partial charge in [-0.1, -0.05) is 0 Å². The number of benzene rings is 1. The monoisotopic (exact) mass is 265 g/mol. The molecule has 0 aliphatic rings. The van der Waals surface area contributed by atoms with Crippen molar-refractivity contribution in [3.05, 3.63) is 46.2 Å². The fraction of sp³-hybridized carbons (Fsp3) is 0.167. The van der Waals surface area contributed by atoms with Gasteiger partial charge in [-0.05, 0) is 24.3 Å². The van der Waals surface area contributed by atoms with Crippen LogP contribution in [0.4, 0.5) is 10.1 Å². The first-order valence-corrected chi connectivity index (χ1v) is 6.24. The molecule has 6 heteroatoms. The summed E-state index contributed by atoms with van der Waals surface area (Å²) in [6.45, 7) is 0.379. The van der Waals surface area contributed by atoms with Crippen LogP contribution in [0.3, 0.4) is 0 Å². The van der Waals surface area contributed by atoms with Gasteiger partial charge in [0.1, 0.15) is 10.8 Å². The van der Waals surface area contributed by atoms with E-state index in [2.05, 4.69) is 10.3 Å². The Kier molecular flexibility index (Phi) is 4.01. The highest BCUT2D eigenvalue weighted by Gasteiger charge is 2.07. The Labute approximate surface area is 108 Å². The third-order valence-electron chi connectivity index (χ3n) is 2.24. The molecule has 3 N–H and O–H groups in total. The van der Waals surface area contributed by atoms with E-state index < -0.39 is 0 Å². The number of thiazole rings is 1. The zero-order chi connectivity index (χ0) is 13.0. The molecule has 0 atom stereocenters. The molecule has 0 unspecified atom stereocenters. The van der Waals surface area contributed by atoms with Crippen molar-refractivity contribution in [1.82, 2.24) is 4.98 Å². The number of anilines is 1. The average Bonchev–Trinajstić information content (AvgIpc) is 2.79. The lowest BCUT2D eigenvalue weighted by Crippen LogP contribution is -2.14. The van der Waals surface area contributed by atoms with Crippen molar-refractivity contribution >= 4 is 22.9 Å². The van der Waals surface area contributed by atoms with E-state index >= 15 is 0 Å². The summed E-state index contributed by atoms with van der Waals surface area (Å²) >= 11 is 1.43. The standard InChI is InChI=1S/C12H12FN3OS/c13-8-1-3-9(4-2-8)15-11(17)5-10-7-18-12(6-14)16-10/h1-4,7H,5-6,14H2,(H,15,17). The van der Waals surface area contributed by atoms with Crippen LogP contribution in [0.15, 0.2) is 29.6 Å². The molecular formula is C12H12FN3OS. The molecule has 1 amide bonds. The maximum Gasteiger partial charge on any atom is 0.230 e. The van der Waals surface area contributed by atoms with Crippen LogP contribution in [0.1, 0.15) is 10.7 Å². The molecular weight excluding hydrogens is 253 g/mol. The topological polar surface area (TPSA) is 68.0 Å². The molecule has 18 heavy (non-hydrogen) atoms. The van der Waals surface area contributed by atoms with E-state index in [9.17, 15) is 9.18 Å². The van der Waals surface area contributed by atoms with Crippen molar-refractivity contribution in [2.45, 2.75) is 13.0 Å². The highest BCUT2D eigenvalue weighted by atomic mass is 32.1. The number of nitrogens with one attached hydrogen (secondary N) is 1. The molecule has 94 valence electrons. The molecule has 1 aromatic carbocycles. The van der Waals surface area contributed by atoms with Crippen LogP contribution in [0.5, 0.6) is 0 Å². The zero-order valence-electron chi connectivity index (χ0n) is 9.52. The predicted molar refractivity (Wildman–Crippen MR) is 68.7 cm³/mol. The number of carbonyl (C=O) groups excluding carboxylic acids is 1. The number of hydrogen-bond acceptors (Lipinski definition) is 4. The molecule has 0 aliphatic heterocycles. The zero-order valence-corrected chi connectivity index (χ0v) is 10.3. The summed E-state index contributed by atoms with van der Waals surface area (Å²) in [5.41, 5.74) is 6.70. The van der Waals surface area contributed by atoms with E-state index in [0.717, 1.165) is 5.01 Å². The van der Waals surface area contributed by atoms with Gasteiger partial charge in [-0.25, -0.2) is 9.37 Å². The van der Waals surface area contributed by atoms with Crippen LogP contribution < -0.4 is 11.1 Å². The summed E-state index contributed by atoms with van der Waals surface area (Å²) in [6.07, 6.45) is 0.188. The quantitative estimate of drug-likeness (QED) is 0.887. The summed E-state index contributed by atoms with van der Waals surface area (Å²) < 4.78 is 12.7. The fourth-order valence-electron chi connectivity index (χ4n) is 1.43. The van der Waals surface area contributed by atoms with Crippen LogP contribution in [0.25, 0.3) is 0 Å². The minimum absolute atomic E-state index is 0.185. The van der Waals surface area contributed by atoms with Crippen LogP contribution in [-0.4, -0.2) is 10.9 Å². The average molecular weight is 265 g/mol.